The fraction of sp³-hybridized carbons (Fsp3) is 0.538. The minimum Gasteiger partial charge on any atom is -0.388 e. The van der Waals surface area contributed by atoms with E-state index in [1.807, 2.05) is 7.05 Å². The third-order valence-electron chi connectivity index (χ3n) is 1.65. The molecule has 1 nitrogen and oxygen atoms in total. The van der Waals surface area contributed by atoms with Crippen LogP contribution in [0.25, 0.3) is 0 Å². The molecule has 0 aliphatic carbocycles. The zero-order valence-electron chi connectivity index (χ0n) is 10.3. The van der Waals surface area contributed by atoms with Crippen molar-refractivity contribution in [3.63, 3.8) is 0 Å². The highest BCUT2D eigenvalue weighted by Crippen LogP contribution is 2.15. The van der Waals surface area contributed by atoms with Gasteiger partial charge in [0, 0.05) is 12.7 Å². The second kappa shape index (κ2) is 5.69. The summed E-state index contributed by atoms with van der Waals surface area (Å²) in [7, 11) is 1.94. The number of allylic oxidation sites excluding steroid dienone is 5. The molecule has 0 aliphatic heterocycles. The van der Waals surface area contributed by atoms with Crippen LogP contribution in [-0.2, 0) is 0 Å². The summed E-state index contributed by atoms with van der Waals surface area (Å²) in [5.74, 6) is 0. The summed E-state index contributed by atoms with van der Waals surface area (Å²) in [6.45, 7) is 10.8. The van der Waals surface area contributed by atoms with Crippen molar-refractivity contribution in [2.24, 2.45) is 5.41 Å². The summed E-state index contributed by atoms with van der Waals surface area (Å²) in [6.07, 6.45) is 8.53. The van der Waals surface area contributed by atoms with Gasteiger partial charge in [-0.3, -0.25) is 0 Å². The third kappa shape index (κ3) is 7.66. The Morgan fingerprint density at radius 2 is 1.64 bits per heavy atom. The third-order valence-corrected chi connectivity index (χ3v) is 1.65. The van der Waals surface area contributed by atoms with E-state index in [1.165, 1.54) is 5.57 Å². The Balaban J connectivity index is 4.53. The summed E-state index contributed by atoms with van der Waals surface area (Å²) < 4.78 is 0. The Morgan fingerprint density at radius 3 is 2.00 bits per heavy atom. The first-order chi connectivity index (χ1) is 6.35. The molecule has 0 rings (SSSR count). The zero-order chi connectivity index (χ0) is 11.2. The quantitative estimate of drug-likeness (QED) is 0.674. The van der Waals surface area contributed by atoms with Crippen LogP contribution in [-0.4, -0.2) is 7.05 Å². The molecule has 0 saturated carbocycles. The smallest absolute Gasteiger partial charge is 0.0334 e. The van der Waals surface area contributed by atoms with Gasteiger partial charge >= 0.3 is 0 Å². The summed E-state index contributed by atoms with van der Waals surface area (Å²) >= 11 is 0. The average molecular weight is 193 g/mol. The maximum atomic E-state index is 3.16. The maximum absolute atomic E-state index is 3.16. The molecule has 0 saturated heterocycles. The SMILES string of the molecule is CNC(/C=C\C(C)(C)C)=C/C=C(C)C. The van der Waals surface area contributed by atoms with Gasteiger partial charge in [-0.05, 0) is 31.4 Å². The van der Waals surface area contributed by atoms with Crippen molar-refractivity contribution in [1.29, 1.82) is 0 Å². The molecule has 0 radical (unpaired) electrons. The van der Waals surface area contributed by atoms with Crippen LogP contribution in [0.5, 0.6) is 0 Å². The number of hydrogen-bond donors (Lipinski definition) is 1. The molecule has 80 valence electrons. The molecule has 0 aromatic carbocycles. The van der Waals surface area contributed by atoms with Gasteiger partial charge in [0.25, 0.3) is 0 Å². The highest BCUT2D eigenvalue weighted by Gasteiger charge is 2.03. The van der Waals surface area contributed by atoms with Gasteiger partial charge in [-0.1, -0.05) is 38.5 Å². The van der Waals surface area contributed by atoms with E-state index < -0.39 is 0 Å². The van der Waals surface area contributed by atoms with E-state index >= 15 is 0 Å². The van der Waals surface area contributed by atoms with Gasteiger partial charge in [0.05, 0.1) is 0 Å². The summed E-state index contributed by atoms with van der Waals surface area (Å²) in [5.41, 5.74) is 2.68. The molecule has 1 N–H and O–H groups in total. The van der Waals surface area contributed by atoms with Crippen LogP contribution < -0.4 is 5.32 Å². The molecular formula is C13H23N. The van der Waals surface area contributed by atoms with Crippen molar-refractivity contribution >= 4 is 0 Å². The monoisotopic (exact) mass is 193 g/mol. The van der Waals surface area contributed by atoms with Gasteiger partial charge in [0.2, 0.25) is 0 Å². The van der Waals surface area contributed by atoms with Crippen molar-refractivity contribution in [2.45, 2.75) is 34.6 Å². The fourth-order valence-electron chi connectivity index (χ4n) is 0.818. The van der Waals surface area contributed by atoms with Crippen molar-refractivity contribution < 1.29 is 0 Å². The van der Waals surface area contributed by atoms with Gasteiger partial charge in [0.1, 0.15) is 0 Å². The summed E-state index contributed by atoms with van der Waals surface area (Å²) in [4.78, 5) is 0. The van der Waals surface area contributed by atoms with Crippen LogP contribution in [0.1, 0.15) is 34.6 Å². The first-order valence-electron chi connectivity index (χ1n) is 5.07. The van der Waals surface area contributed by atoms with E-state index in [0.717, 1.165) is 5.70 Å². The summed E-state index contributed by atoms with van der Waals surface area (Å²) in [5, 5.41) is 3.16. The predicted octanol–water partition coefficient (Wildman–Crippen LogP) is 3.66. The maximum Gasteiger partial charge on any atom is 0.0334 e. The van der Waals surface area contributed by atoms with Gasteiger partial charge in [0.15, 0.2) is 0 Å². The van der Waals surface area contributed by atoms with Crippen molar-refractivity contribution in [1.82, 2.24) is 5.32 Å². The van der Waals surface area contributed by atoms with E-state index in [2.05, 4.69) is 64.2 Å². The molecule has 0 bridgehead atoms. The van der Waals surface area contributed by atoms with E-state index in [-0.39, 0.29) is 5.41 Å². The van der Waals surface area contributed by atoms with Crippen LogP contribution in [0, 0.1) is 5.41 Å². The largest absolute Gasteiger partial charge is 0.388 e. The lowest BCUT2D eigenvalue weighted by Gasteiger charge is -2.11. The molecule has 0 amide bonds. The van der Waals surface area contributed by atoms with Crippen LogP contribution >= 0.6 is 0 Å². The van der Waals surface area contributed by atoms with E-state index in [1.54, 1.807) is 0 Å². The predicted molar refractivity (Wildman–Crippen MR) is 65.2 cm³/mol. The topological polar surface area (TPSA) is 12.0 Å². The van der Waals surface area contributed by atoms with E-state index in [9.17, 15) is 0 Å². The van der Waals surface area contributed by atoms with E-state index in [0.29, 0.717) is 0 Å². The lowest BCUT2D eigenvalue weighted by atomic mass is 9.96. The molecule has 14 heavy (non-hydrogen) atoms. The lowest BCUT2D eigenvalue weighted by molar-refractivity contribution is 0.543. The van der Waals surface area contributed by atoms with Gasteiger partial charge in [-0.2, -0.15) is 0 Å². The zero-order valence-corrected chi connectivity index (χ0v) is 10.3. The molecule has 0 aliphatic rings. The Labute approximate surface area is 88.6 Å². The second-order valence-electron chi connectivity index (χ2n) is 4.82. The Kier molecular flexibility index (Phi) is 5.29. The van der Waals surface area contributed by atoms with Crippen LogP contribution in [0.2, 0.25) is 0 Å². The molecule has 1 heteroatoms. The Morgan fingerprint density at radius 1 is 1.07 bits per heavy atom. The Hall–Kier alpha value is -0.980. The molecule has 0 atom stereocenters. The minimum atomic E-state index is 0.237. The highest BCUT2D eigenvalue weighted by molar-refractivity contribution is 5.24. The lowest BCUT2D eigenvalue weighted by Crippen LogP contribution is -2.05. The van der Waals surface area contributed by atoms with Crippen LogP contribution in [0.15, 0.2) is 35.6 Å². The molecule has 0 heterocycles. The minimum absolute atomic E-state index is 0.237. The summed E-state index contributed by atoms with van der Waals surface area (Å²) in [6, 6.07) is 0. The van der Waals surface area contributed by atoms with Crippen molar-refractivity contribution in [2.75, 3.05) is 7.05 Å². The second-order valence-corrected chi connectivity index (χ2v) is 4.82. The number of nitrogens with one attached hydrogen (secondary N) is 1. The van der Waals surface area contributed by atoms with Crippen molar-refractivity contribution in [3.05, 3.63) is 35.6 Å². The average Bonchev–Trinajstić information content (AvgIpc) is 2.02. The number of likely N-dealkylation sites (N-methyl/N-ethyl adjacent to an activating group) is 1. The highest BCUT2D eigenvalue weighted by atomic mass is 14.8. The first-order valence-corrected chi connectivity index (χ1v) is 5.07. The molecule has 0 fully saturated rings. The first kappa shape index (κ1) is 13.0. The van der Waals surface area contributed by atoms with E-state index in [4.69, 9.17) is 0 Å². The fourth-order valence-corrected chi connectivity index (χ4v) is 0.818. The molecule has 0 aromatic heterocycles. The van der Waals surface area contributed by atoms with Crippen molar-refractivity contribution in [3.8, 4) is 0 Å². The Bertz CT molecular complexity index is 245. The standard InChI is InChI=1S/C13H23N/c1-11(2)7-8-12(14-6)9-10-13(3,4)5/h7-10,14H,1-6H3/b10-9-,12-8+. The number of rotatable bonds is 3. The number of hydrogen-bond acceptors (Lipinski definition) is 1. The normalized spacial score (nSPS) is 13.1. The van der Waals surface area contributed by atoms with Gasteiger partial charge in [-0.25, -0.2) is 0 Å². The molecule has 0 unspecified atom stereocenters. The molecular weight excluding hydrogens is 170 g/mol. The molecule has 0 aromatic rings. The van der Waals surface area contributed by atoms with Gasteiger partial charge < -0.3 is 5.32 Å². The molecule has 0 spiro atoms. The van der Waals surface area contributed by atoms with Gasteiger partial charge in [-0.15, -0.1) is 0 Å². The van der Waals surface area contributed by atoms with Crippen LogP contribution in [0.4, 0.5) is 0 Å². The van der Waals surface area contributed by atoms with Crippen LogP contribution in [0.3, 0.4) is 0 Å².